The van der Waals surface area contributed by atoms with Gasteiger partial charge in [0.25, 0.3) is 0 Å². The SMILES string of the molecule is CCCn1c(-c2cccc(N)c2)nc2cc(Cl)ccc21. The van der Waals surface area contributed by atoms with Crippen LogP contribution in [0.4, 0.5) is 5.69 Å². The Morgan fingerprint density at radius 1 is 1.20 bits per heavy atom. The molecule has 3 aromatic rings. The lowest BCUT2D eigenvalue weighted by Crippen LogP contribution is -2.00. The van der Waals surface area contributed by atoms with E-state index in [4.69, 9.17) is 22.3 Å². The van der Waals surface area contributed by atoms with Crippen LogP contribution in [0.3, 0.4) is 0 Å². The second-order valence-electron chi connectivity index (χ2n) is 4.85. The molecule has 3 rings (SSSR count). The average molecular weight is 286 g/mol. The fourth-order valence-corrected chi connectivity index (χ4v) is 2.62. The zero-order valence-corrected chi connectivity index (χ0v) is 12.1. The smallest absolute Gasteiger partial charge is 0.141 e. The molecule has 20 heavy (non-hydrogen) atoms. The Labute approximate surface area is 123 Å². The van der Waals surface area contributed by atoms with E-state index in [2.05, 4.69) is 11.5 Å². The minimum atomic E-state index is 0.706. The minimum absolute atomic E-state index is 0.706. The zero-order chi connectivity index (χ0) is 14.1. The molecule has 0 aliphatic rings. The highest BCUT2D eigenvalue weighted by atomic mass is 35.5. The molecule has 0 aliphatic heterocycles. The second-order valence-corrected chi connectivity index (χ2v) is 5.28. The predicted octanol–water partition coefficient (Wildman–Crippen LogP) is 4.35. The summed E-state index contributed by atoms with van der Waals surface area (Å²) in [5.41, 5.74) is 9.68. The Morgan fingerprint density at radius 2 is 2.05 bits per heavy atom. The van der Waals surface area contributed by atoms with Gasteiger partial charge in [-0.3, -0.25) is 0 Å². The Balaban J connectivity index is 2.25. The predicted molar refractivity (Wildman–Crippen MR) is 84.9 cm³/mol. The molecule has 0 saturated heterocycles. The normalized spacial score (nSPS) is 11.1. The molecule has 0 amide bonds. The summed E-state index contributed by atoms with van der Waals surface area (Å²) in [7, 11) is 0. The number of anilines is 1. The number of nitrogens with zero attached hydrogens (tertiary/aromatic N) is 2. The summed E-state index contributed by atoms with van der Waals surface area (Å²) in [5.74, 6) is 0.941. The van der Waals surface area contributed by atoms with Gasteiger partial charge in [0.15, 0.2) is 0 Å². The summed E-state index contributed by atoms with van der Waals surface area (Å²) in [4.78, 5) is 4.73. The van der Waals surface area contributed by atoms with E-state index in [-0.39, 0.29) is 0 Å². The van der Waals surface area contributed by atoms with E-state index in [0.29, 0.717) is 5.02 Å². The number of rotatable bonds is 3. The number of aryl methyl sites for hydroxylation is 1. The van der Waals surface area contributed by atoms with Gasteiger partial charge in [-0.2, -0.15) is 0 Å². The van der Waals surface area contributed by atoms with Gasteiger partial charge < -0.3 is 10.3 Å². The molecule has 0 fully saturated rings. The summed E-state index contributed by atoms with van der Waals surface area (Å²) >= 11 is 6.06. The van der Waals surface area contributed by atoms with Crippen molar-refractivity contribution in [2.75, 3.05) is 5.73 Å². The topological polar surface area (TPSA) is 43.8 Å². The summed E-state index contributed by atoms with van der Waals surface area (Å²) in [6, 6.07) is 13.6. The van der Waals surface area contributed by atoms with Gasteiger partial charge in [0.05, 0.1) is 11.0 Å². The van der Waals surface area contributed by atoms with E-state index in [1.807, 2.05) is 42.5 Å². The van der Waals surface area contributed by atoms with Crippen molar-refractivity contribution >= 4 is 28.3 Å². The van der Waals surface area contributed by atoms with Crippen LogP contribution < -0.4 is 5.73 Å². The molecule has 4 heteroatoms. The Bertz CT molecular complexity index is 762. The van der Waals surface area contributed by atoms with Gasteiger partial charge in [-0.15, -0.1) is 0 Å². The van der Waals surface area contributed by atoms with Crippen molar-refractivity contribution in [3.05, 3.63) is 47.5 Å². The average Bonchev–Trinajstić information content (AvgIpc) is 2.77. The molecule has 102 valence electrons. The van der Waals surface area contributed by atoms with Crippen molar-refractivity contribution in [3.63, 3.8) is 0 Å². The molecule has 0 unspecified atom stereocenters. The fourth-order valence-electron chi connectivity index (χ4n) is 2.45. The molecule has 3 nitrogen and oxygen atoms in total. The monoisotopic (exact) mass is 285 g/mol. The number of fused-ring (bicyclic) bond motifs is 1. The second kappa shape index (κ2) is 5.17. The van der Waals surface area contributed by atoms with Gasteiger partial charge in [-0.25, -0.2) is 4.98 Å². The van der Waals surface area contributed by atoms with Crippen molar-refractivity contribution in [1.29, 1.82) is 0 Å². The molecule has 1 aromatic heterocycles. The molecule has 0 radical (unpaired) electrons. The maximum Gasteiger partial charge on any atom is 0.141 e. The van der Waals surface area contributed by atoms with E-state index in [1.165, 1.54) is 0 Å². The molecule has 1 heterocycles. The first-order valence-corrected chi connectivity index (χ1v) is 7.08. The van der Waals surface area contributed by atoms with Crippen molar-refractivity contribution in [2.24, 2.45) is 0 Å². The first-order valence-electron chi connectivity index (χ1n) is 6.70. The van der Waals surface area contributed by atoms with Crippen LogP contribution >= 0.6 is 11.6 Å². The molecule has 0 saturated carbocycles. The van der Waals surface area contributed by atoms with Gasteiger partial charge in [-0.05, 0) is 36.8 Å². The molecule has 0 atom stereocenters. The minimum Gasteiger partial charge on any atom is -0.399 e. The van der Waals surface area contributed by atoms with Crippen molar-refractivity contribution in [1.82, 2.24) is 9.55 Å². The third-order valence-corrected chi connectivity index (χ3v) is 3.54. The van der Waals surface area contributed by atoms with Crippen LogP contribution in [0.25, 0.3) is 22.4 Å². The van der Waals surface area contributed by atoms with E-state index >= 15 is 0 Å². The maximum atomic E-state index is 6.06. The van der Waals surface area contributed by atoms with Crippen LogP contribution in [0.5, 0.6) is 0 Å². The highest BCUT2D eigenvalue weighted by Gasteiger charge is 2.12. The number of hydrogen-bond acceptors (Lipinski definition) is 2. The quantitative estimate of drug-likeness (QED) is 0.727. The van der Waals surface area contributed by atoms with Gasteiger partial charge in [0, 0.05) is 22.8 Å². The number of halogens is 1. The number of nitrogens with two attached hydrogens (primary N) is 1. The van der Waals surface area contributed by atoms with Crippen LogP contribution in [0.2, 0.25) is 5.02 Å². The fraction of sp³-hybridized carbons (Fsp3) is 0.188. The number of nitrogen functional groups attached to an aromatic ring is 1. The molecular weight excluding hydrogens is 270 g/mol. The molecular formula is C16H16ClN3. The maximum absolute atomic E-state index is 6.06. The van der Waals surface area contributed by atoms with E-state index in [0.717, 1.165) is 41.1 Å². The summed E-state index contributed by atoms with van der Waals surface area (Å²) in [5, 5.41) is 0.706. The van der Waals surface area contributed by atoms with Crippen LogP contribution in [0.1, 0.15) is 13.3 Å². The molecule has 0 bridgehead atoms. The Kier molecular flexibility index (Phi) is 3.36. The van der Waals surface area contributed by atoms with Gasteiger partial charge in [0.2, 0.25) is 0 Å². The standard InChI is InChI=1S/C16H16ClN3/c1-2-8-20-15-7-6-12(17)10-14(15)19-16(20)11-4-3-5-13(18)9-11/h3-7,9-10H,2,8,18H2,1H3. The van der Waals surface area contributed by atoms with Crippen molar-refractivity contribution < 1.29 is 0 Å². The number of imidazole rings is 1. The van der Waals surface area contributed by atoms with Crippen LogP contribution in [0, 0.1) is 0 Å². The third kappa shape index (κ3) is 2.25. The summed E-state index contributed by atoms with van der Waals surface area (Å²) < 4.78 is 2.22. The highest BCUT2D eigenvalue weighted by Crippen LogP contribution is 2.28. The Morgan fingerprint density at radius 3 is 2.80 bits per heavy atom. The first kappa shape index (κ1) is 13.0. The molecule has 0 aliphatic carbocycles. The lowest BCUT2D eigenvalue weighted by Gasteiger charge is -2.08. The van der Waals surface area contributed by atoms with Gasteiger partial charge >= 0.3 is 0 Å². The molecule has 2 aromatic carbocycles. The van der Waals surface area contributed by atoms with Crippen LogP contribution in [-0.4, -0.2) is 9.55 Å². The van der Waals surface area contributed by atoms with Crippen LogP contribution in [0.15, 0.2) is 42.5 Å². The number of aromatic nitrogens is 2. The van der Waals surface area contributed by atoms with Crippen molar-refractivity contribution in [2.45, 2.75) is 19.9 Å². The van der Waals surface area contributed by atoms with E-state index in [9.17, 15) is 0 Å². The number of hydrogen-bond donors (Lipinski definition) is 1. The lowest BCUT2D eigenvalue weighted by atomic mass is 10.2. The molecule has 0 spiro atoms. The number of benzene rings is 2. The van der Waals surface area contributed by atoms with Gasteiger partial charge in [0.1, 0.15) is 5.82 Å². The van der Waals surface area contributed by atoms with Gasteiger partial charge in [-0.1, -0.05) is 30.7 Å². The van der Waals surface area contributed by atoms with Crippen molar-refractivity contribution in [3.8, 4) is 11.4 Å². The summed E-state index contributed by atoms with van der Waals surface area (Å²) in [6.07, 6.45) is 1.05. The van der Waals surface area contributed by atoms with E-state index < -0.39 is 0 Å². The van der Waals surface area contributed by atoms with E-state index in [1.54, 1.807) is 0 Å². The summed E-state index contributed by atoms with van der Waals surface area (Å²) in [6.45, 7) is 3.08. The first-order chi connectivity index (χ1) is 9.69. The highest BCUT2D eigenvalue weighted by molar-refractivity contribution is 6.31. The molecule has 2 N–H and O–H groups in total. The largest absolute Gasteiger partial charge is 0.399 e. The lowest BCUT2D eigenvalue weighted by molar-refractivity contribution is 0.704. The Hall–Kier alpha value is -2.00. The zero-order valence-electron chi connectivity index (χ0n) is 11.3. The van der Waals surface area contributed by atoms with Crippen LogP contribution in [-0.2, 0) is 6.54 Å². The third-order valence-electron chi connectivity index (χ3n) is 3.30.